The highest BCUT2D eigenvalue weighted by atomic mass is 19.4. The Morgan fingerprint density at radius 3 is 2.40 bits per heavy atom. The maximum atomic E-state index is 12.5. The molecule has 0 aromatic carbocycles. The molecule has 15 heavy (non-hydrogen) atoms. The van der Waals surface area contributed by atoms with Gasteiger partial charge < -0.3 is 9.52 Å². The van der Waals surface area contributed by atoms with Crippen molar-refractivity contribution in [3.05, 3.63) is 23.7 Å². The first-order valence-electron chi connectivity index (χ1n) is 4.04. The molecule has 0 saturated heterocycles. The van der Waals surface area contributed by atoms with Gasteiger partial charge in [-0.3, -0.25) is 0 Å². The molecule has 0 saturated carbocycles. The number of nitriles is 1. The Hall–Kier alpha value is -1.48. The van der Waals surface area contributed by atoms with Crippen molar-refractivity contribution in [3.8, 4) is 6.07 Å². The molecule has 0 aliphatic rings. The quantitative estimate of drug-likeness (QED) is 0.829. The maximum Gasteiger partial charge on any atom is 0.425 e. The van der Waals surface area contributed by atoms with E-state index in [9.17, 15) is 18.3 Å². The highest BCUT2D eigenvalue weighted by molar-refractivity contribution is 5.17. The summed E-state index contributed by atoms with van der Waals surface area (Å²) in [6.07, 6.45) is -6.03. The molecule has 0 spiro atoms. The molecule has 1 N–H and O–H groups in total. The molecule has 1 rings (SSSR count). The van der Waals surface area contributed by atoms with E-state index < -0.39 is 24.0 Å². The molecule has 1 aromatic heterocycles. The van der Waals surface area contributed by atoms with Crippen molar-refractivity contribution in [1.29, 1.82) is 5.26 Å². The van der Waals surface area contributed by atoms with Gasteiger partial charge in [-0.2, -0.15) is 18.4 Å². The smallest absolute Gasteiger partial charge is 0.425 e. The third-order valence-electron chi connectivity index (χ3n) is 1.95. The predicted molar refractivity (Wildman–Crippen MR) is 43.6 cm³/mol. The van der Waals surface area contributed by atoms with Gasteiger partial charge in [0.15, 0.2) is 0 Å². The Morgan fingerprint density at radius 1 is 1.47 bits per heavy atom. The molecule has 0 bridgehead atoms. The van der Waals surface area contributed by atoms with Crippen molar-refractivity contribution in [2.75, 3.05) is 0 Å². The lowest BCUT2D eigenvalue weighted by Crippen LogP contribution is -2.41. The first-order valence-corrected chi connectivity index (χ1v) is 4.04. The Labute approximate surface area is 83.7 Å². The average molecular weight is 219 g/mol. The van der Waals surface area contributed by atoms with E-state index in [1.807, 2.05) is 0 Å². The molecule has 6 heteroatoms. The van der Waals surface area contributed by atoms with Crippen molar-refractivity contribution >= 4 is 0 Å². The van der Waals surface area contributed by atoms with Crippen molar-refractivity contribution in [2.24, 2.45) is 0 Å². The second-order valence-electron chi connectivity index (χ2n) is 3.10. The van der Waals surface area contributed by atoms with Crippen LogP contribution in [0.3, 0.4) is 0 Å². The van der Waals surface area contributed by atoms with Crippen LogP contribution in [0.15, 0.2) is 16.5 Å². The van der Waals surface area contributed by atoms with Gasteiger partial charge in [0.1, 0.15) is 11.5 Å². The molecular formula is C9H8F3NO2. The van der Waals surface area contributed by atoms with E-state index >= 15 is 0 Å². The molecule has 0 amide bonds. The number of aryl methyl sites for hydroxylation is 1. The molecule has 1 atom stereocenters. The van der Waals surface area contributed by atoms with E-state index in [0.717, 1.165) is 6.07 Å². The summed E-state index contributed by atoms with van der Waals surface area (Å²) in [6.45, 7) is 1.45. The van der Waals surface area contributed by atoms with Crippen LogP contribution in [0.1, 0.15) is 17.9 Å². The highest BCUT2D eigenvalue weighted by Gasteiger charge is 2.57. The standard InChI is InChI=1S/C9H8F3NO2/c1-6-2-3-7(15-6)8(14,4-5-13)9(10,11)12/h2-3,14H,4H2,1H3/t8-/m1/s1. The number of nitrogens with zero attached hydrogens (tertiary/aromatic N) is 1. The van der Waals surface area contributed by atoms with Crippen LogP contribution in [0.25, 0.3) is 0 Å². The van der Waals surface area contributed by atoms with E-state index in [-0.39, 0.29) is 5.76 Å². The number of alkyl halides is 3. The molecule has 0 fully saturated rings. The van der Waals surface area contributed by atoms with Crippen LogP contribution in [0.2, 0.25) is 0 Å². The largest absolute Gasteiger partial charge is 0.463 e. The van der Waals surface area contributed by atoms with Crippen LogP contribution in [0.4, 0.5) is 13.2 Å². The Kier molecular flexibility index (Phi) is 2.77. The van der Waals surface area contributed by atoms with E-state index in [0.29, 0.717) is 0 Å². The highest BCUT2D eigenvalue weighted by Crippen LogP contribution is 2.41. The molecular weight excluding hydrogens is 211 g/mol. The molecule has 1 heterocycles. The summed E-state index contributed by atoms with van der Waals surface area (Å²) < 4.78 is 42.3. The van der Waals surface area contributed by atoms with Crippen LogP contribution in [-0.4, -0.2) is 11.3 Å². The zero-order valence-electron chi connectivity index (χ0n) is 7.80. The SMILES string of the molecule is Cc1ccc([C@](O)(CC#N)C(F)(F)F)o1. The minimum atomic E-state index is -4.94. The molecule has 1 aromatic rings. The van der Waals surface area contributed by atoms with Crippen LogP contribution < -0.4 is 0 Å². The summed E-state index contributed by atoms with van der Waals surface area (Å²) in [7, 11) is 0. The number of hydrogen-bond acceptors (Lipinski definition) is 3. The molecule has 0 aliphatic heterocycles. The van der Waals surface area contributed by atoms with Crippen LogP contribution >= 0.6 is 0 Å². The number of furan rings is 1. The Morgan fingerprint density at radius 2 is 2.07 bits per heavy atom. The lowest BCUT2D eigenvalue weighted by Gasteiger charge is -2.25. The van der Waals surface area contributed by atoms with Crippen molar-refractivity contribution in [2.45, 2.75) is 25.1 Å². The molecule has 82 valence electrons. The minimum absolute atomic E-state index is 0.241. The van der Waals surface area contributed by atoms with Crippen molar-refractivity contribution in [1.82, 2.24) is 0 Å². The molecule has 0 aliphatic carbocycles. The number of halogens is 3. The van der Waals surface area contributed by atoms with Gasteiger partial charge in [-0.1, -0.05) is 0 Å². The van der Waals surface area contributed by atoms with E-state index in [2.05, 4.69) is 0 Å². The zero-order valence-corrected chi connectivity index (χ0v) is 7.80. The summed E-state index contributed by atoms with van der Waals surface area (Å²) in [5.74, 6) is -0.417. The van der Waals surface area contributed by atoms with Gasteiger partial charge >= 0.3 is 6.18 Å². The normalized spacial score (nSPS) is 15.7. The molecule has 0 unspecified atom stereocenters. The third-order valence-corrected chi connectivity index (χ3v) is 1.95. The molecule has 3 nitrogen and oxygen atoms in total. The van der Waals surface area contributed by atoms with Crippen LogP contribution in [0.5, 0.6) is 0 Å². The van der Waals surface area contributed by atoms with Gasteiger partial charge in [0.05, 0.1) is 12.5 Å². The van der Waals surface area contributed by atoms with Gasteiger partial charge in [-0.05, 0) is 19.1 Å². The third kappa shape index (κ3) is 1.97. The summed E-state index contributed by atoms with van der Waals surface area (Å²) in [5.41, 5.74) is -3.23. The fourth-order valence-electron chi connectivity index (χ4n) is 1.10. The van der Waals surface area contributed by atoms with E-state index in [4.69, 9.17) is 9.68 Å². The van der Waals surface area contributed by atoms with Gasteiger partial charge in [0.25, 0.3) is 0 Å². The molecule has 0 radical (unpaired) electrons. The number of aliphatic hydroxyl groups is 1. The fourth-order valence-corrected chi connectivity index (χ4v) is 1.10. The average Bonchev–Trinajstić information content (AvgIpc) is 2.50. The minimum Gasteiger partial charge on any atom is -0.463 e. The second-order valence-corrected chi connectivity index (χ2v) is 3.10. The summed E-state index contributed by atoms with van der Waals surface area (Å²) in [6, 6.07) is 3.60. The Bertz CT molecular complexity index is 391. The number of rotatable bonds is 2. The first kappa shape index (κ1) is 11.6. The fraction of sp³-hybridized carbons (Fsp3) is 0.444. The summed E-state index contributed by atoms with van der Waals surface area (Å²) >= 11 is 0. The van der Waals surface area contributed by atoms with Crippen molar-refractivity contribution < 1.29 is 22.7 Å². The van der Waals surface area contributed by atoms with Gasteiger partial charge in [-0.15, -0.1) is 0 Å². The first-order chi connectivity index (χ1) is 6.81. The lowest BCUT2D eigenvalue weighted by molar-refractivity contribution is -0.270. The monoisotopic (exact) mass is 219 g/mol. The predicted octanol–water partition coefficient (Wildman–Crippen LogP) is 2.25. The van der Waals surface area contributed by atoms with Crippen LogP contribution in [-0.2, 0) is 5.60 Å². The maximum absolute atomic E-state index is 12.5. The number of hydrogen-bond donors (Lipinski definition) is 1. The summed E-state index contributed by atoms with van der Waals surface area (Å²) in [4.78, 5) is 0. The van der Waals surface area contributed by atoms with Gasteiger partial charge in [0, 0.05) is 0 Å². The zero-order chi connectivity index (χ0) is 11.7. The lowest BCUT2D eigenvalue weighted by atomic mass is 9.97. The van der Waals surface area contributed by atoms with Crippen molar-refractivity contribution in [3.63, 3.8) is 0 Å². The van der Waals surface area contributed by atoms with Gasteiger partial charge in [0.2, 0.25) is 5.60 Å². The van der Waals surface area contributed by atoms with E-state index in [1.165, 1.54) is 19.1 Å². The van der Waals surface area contributed by atoms with Crippen LogP contribution in [0, 0.1) is 18.3 Å². The second kappa shape index (κ2) is 3.59. The van der Waals surface area contributed by atoms with E-state index in [1.54, 1.807) is 0 Å². The topological polar surface area (TPSA) is 57.2 Å². The van der Waals surface area contributed by atoms with Gasteiger partial charge in [-0.25, -0.2) is 0 Å². The summed E-state index contributed by atoms with van der Waals surface area (Å²) in [5, 5.41) is 17.7. The Balaban J connectivity index is 3.19.